The molecular formula is C5H8F2O3S. The van der Waals surface area contributed by atoms with Gasteiger partial charge < -0.3 is 0 Å². The third-order valence-corrected chi connectivity index (χ3v) is 2.95. The largest absolute Gasteiger partial charge is 0.372 e. The molecule has 0 amide bonds. The van der Waals surface area contributed by atoms with Crippen LogP contribution in [0.3, 0.4) is 0 Å². The first-order chi connectivity index (χ1) is 4.86. The van der Waals surface area contributed by atoms with Crippen molar-refractivity contribution >= 4 is 10.1 Å². The lowest BCUT2D eigenvalue weighted by Gasteiger charge is -2.30. The number of hydrogen-bond acceptors (Lipinski definition) is 2. The molecule has 11 heavy (non-hydrogen) atoms. The van der Waals surface area contributed by atoms with E-state index >= 15 is 0 Å². The van der Waals surface area contributed by atoms with Crippen molar-refractivity contribution in [3.63, 3.8) is 0 Å². The van der Waals surface area contributed by atoms with Crippen molar-refractivity contribution in [3.05, 3.63) is 0 Å². The molecule has 0 bridgehead atoms. The summed E-state index contributed by atoms with van der Waals surface area (Å²) in [6.07, 6.45) is 0.954. The van der Waals surface area contributed by atoms with Gasteiger partial charge >= 0.3 is 15.4 Å². The van der Waals surface area contributed by atoms with Crippen LogP contribution in [0.5, 0.6) is 0 Å². The molecule has 6 heteroatoms. The maximum absolute atomic E-state index is 12.5. The molecule has 0 aromatic rings. The Bertz CT molecular complexity index is 242. The van der Waals surface area contributed by atoms with Crippen molar-refractivity contribution in [1.29, 1.82) is 0 Å². The Morgan fingerprint density at radius 3 is 1.91 bits per heavy atom. The first-order valence-electron chi connectivity index (χ1n) is 3.20. The molecule has 66 valence electrons. The van der Waals surface area contributed by atoms with Crippen LogP contribution in [0.15, 0.2) is 0 Å². The molecule has 1 fully saturated rings. The molecule has 0 saturated heterocycles. The lowest BCUT2D eigenvalue weighted by atomic mass is 9.86. The molecule has 0 aromatic heterocycles. The summed E-state index contributed by atoms with van der Waals surface area (Å²) in [5.41, 5.74) is 0. The van der Waals surface area contributed by atoms with Crippen molar-refractivity contribution in [2.75, 3.05) is 0 Å². The van der Waals surface area contributed by atoms with Crippen LogP contribution in [0.2, 0.25) is 0 Å². The number of hydrogen-bond donors (Lipinski definition) is 1. The van der Waals surface area contributed by atoms with E-state index < -0.39 is 21.3 Å². The second-order valence-electron chi connectivity index (χ2n) is 2.66. The lowest BCUT2D eigenvalue weighted by Crippen LogP contribution is -2.40. The Balaban J connectivity index is 2.81. The van der Waals surface area contributed by atoms with Gasteiger partial charge in [0.1, 0.15) is 0 Å². The average Bonchev–Trinajstić information content (AvgIpc) is 1.53. The Morgan fingerprint density at radius 1 is 1.36 bits per heavy atom. The Morgan fingerprint density at radius 2 is 1.82 bits per heavy atom. The highest BCUT2D eigenvalue weighted by Crippen LogP contribution is 2.42. The predicted molar refractivity (Wildman–Crippen MR) is 33.8 cm³/mol. The number of alkyl halides is 2. The molecule has 1 N–H and O–H groups in total. The molecule has 0 heterocycles. The van der Waals surface area contributed by atoms with E-state index in [1.807, 2.05) is 0 Å². The van der Waals surface area contributed by atoms with Crippen molar-refractivity contribution in [2.24, 2.45) is 5.92 Å². The van der Waals surface area contributed by atoms with Crippen LogP contribution in [0.25, 0.3) is 0 Å². The highest BCUT2D eigenvalue weighted by atomic mass is 32.2. The summed E-state index contributed by atoms with van der Waals surface area (Å²) in [4.78, 5) is 0. The zero-order valence-corrected chi connectivity index (χ0v) is 6.44. The second-order valence-corrected chi connectivity index (χ2v) is 4.16. The van der Waals surface area contributed by atoms with Crippen LogP contribution >= 0.6 is 0 Å². The maximum atomic E-state index is 12.5. The van der Waals surface area contributed by atoms with Gasteiger partial charge in [0.2, 0.25) is 0 Å². The van der Waals surface area contributed by atoms with Crippen LogP contribution in [-0.2, 0) is 10.1 Å². The van der Waals surface area contributed by atoms with Gasteiger partial charge in [-0.05, 0) is 12.8 Å². The van der Waals surface area contributed by atoms with E-state index in [1.165, 1.54) is 0 Å². The van der Waals surface area contributed by atoms with Gasteiger partial charge in [-0.25, -0.2) is 0 Å². The quantitative estimate of drug-likeness (QED) is 0.660. The number of halogens is 2. The molecule has 3 nitrogen and oxygen atoms in total. The van der Waals surface area contributed by atoms with E-state index in [0.717, 1.165) is 0 Å². The molecule has 1 aliphatic carbocycles. The Hall–Kier alpha value is -0.230. The standard InChI is InChI=1S/C5H8F2O3S/c6-5(7,11(8,9)10)4-2-1-3-4/h4H,1-3H2,(H,8,9,10). The van der Waals surface area contributed by atoms with Crippen molar-refractivity contribution in [3.8, 4) is 0 Å². The van der Waals surface area contributed by atoms with E-state index in [1.54, 1.807) is 0 Å². The van der Waals surface area contributed by atoms with Gasteiger partial charge in [0.25, 0.3) is 0 Å². The summed E-state index contributed by atoms with van der Waals surface area (Å²) in [5, 5.41) is -3.94. The molecule has 0 atom stereocenters. The smallest absolute Gasteiger partial charge is 0.281 e. The van der Waals surface area contributed by atoms with Crippen molar-refractivity contribution in [1.82, 2.24) is 0 Å². The monoisotopic (exact) mass is 186 g/mol. The van der Waals surface area contributed by atoms with E-state index in [4.69, 9.17) is 4.55 Å². The van der Waals surface area contributed by atoms with Gasteiger partial charge in [0.15, 0.2) is 0 Å². The molecule has 0 spiro atoms. The fourth-order valence-corrected chi connectivity index (χ4v) is 1.61. The van der Waals surface area contributed by atoms with Crippen molar-refractivity contribution in [2.45, 2.75) is 24.5 Å². The minimum absolute atomic E-state index is 0.173. The summed E-state index contributed by atoms with van der Waals surface area (Å²) >= 11 is 0. The van der Waals surface area contributed by atoms with Gasteiger partial charge in [-0.15, -0.1) is 0 Å². The van der Waals surface area contributed by atoms with E-state index in [9.17, 15) is 17.2 Å². The fourth-order valence-electron chi connectivity index (χ4n) is 0.955. The summed E-state index contributed by atoms with van der Waals surface area (Å²) in [6.45, 7) is 0. The van der Waals surface area contributed by atoms with Crippen LogP contribution in [0, 0.1) is 5.92 Å². The summed E-state index contributed by atoms with van der Waals surface area (Å²) in [5.74, 6) is -1.18. The second kappa shape index (κ2) is 2.38. The minimum Gasteiger partial charge on any atom is -0.281 e. The molecular weight excluding hydrogens is 178 g/mol. The van der Waals surface area contributed by atoms with Gasteiger partial charge in [0, 0.05) is 5.92 Å². The van der Waals surface area contributed by atoms with E-state index in [-0.39, 0.29) is 12.8 Å². The van der Waals surface area contributed by atoms with Crippen LogP contribution in [0.4, 0.5) is 8.78 Å². The molecule has 0 radical (unpaired) electrons. The molecule has 0 aliphatic heterocycles. The van der Waals surface area contributed by atoms with E-state index in [2.05, 4.69) is 0 Å². The minimum atomic E-state index is -5.20. The molecule has 0 unspecified atom stereocenters. The Labute approximate surface area is 63.2 Å². The summed E-state index contributed by atoms with van der Waals surface area (Å²) in [6, 6.07) is 0. The predicted octanol–water partition coefficient (Wildman–Crippen LogP) is 1.27. The zero-order chi connectivity index (χ0) is 8.70. The normalized spacial score (nSPS) is 21.4. The average molecular weight is 186 g/mol. The number of rotatable bonds is 2. The highest BCUT2D eigenvalue weighted by Gasteiger charge is 2.53. The molecule has 1 aliphatic rings. The maximum Gasteiger partial charge on any atom is 0.372 e. The third kappa shape index (κ3) is 1.37. The topological polar surface area (TPSA) is 54.4 Å². The highest BCUT2D eigenvalue weighted by molar-refractivity contribution is 7.86. The third-order valence-electron chi connectivity index (χ3n) is 1.92. The lowest BCUT2D eigenvalue weighted by molar-refractivity contribution is -0.0176. The molecule has 1 rings (SSSR count). The first kappa shape index (κ1) is 8.86. The molecule has 1 saturated carbocycles. The van der Waals surface area contributed by atoms with E-state index in [0.29, 0.717) is 6.42 Å². The van der Waals surface area contributed by atoms with Gasteiger partial charge in [-0.3, -0.25) is 4.55 Å². The van der Waals surface area contributed by atoms with Gasteiger partial charge in [-0.2, -0.15) is 17.2 Å². The zero-order valence-electron chi connectivity index (χ0n) is 5.63. The summed E-state index contributed by atoms with van der Waals surface area (Å²) in [7, 11) is -5.20. The van der Waals surface area contributed by atoms with Gasteiger partial charge in [0.05, 0.1) is 0 Å². The molecule has 0 aromatic carbocycles. The van der Waals surface area contributed by atoms with Crippen LogP contribution in [-0.4, -0.2) is 18.2 Å². The summed E-state index contributed by atoms with van der Waals surface area (Å²) < 4.78 is 53.4. The first-order valence-corrected chi connectivity index (χ1v) is 4.64. The fraction of sp³-hybridized carbons (Fsp3) is 1.00. The van der Waals surface area contributed by atoms with Crippen LogP contribution in [0.1, 0.15) is 19.3 Å². The van der Waals surface area contributed by atoms with Crippen molar-refractivity contribution < 1.29 is 21.8 Å². The van der Waals surface area contributed by atoms with Gasteiger partial charge in [-0.1, -0.05) is 6.42 Å². The SMILES string of the molecule is O=S(=O)(O)C(F)(F)C1CCC1. The van der Waals surface area contributed by atoms with Crippen LogP contribution < -0.4 is 0 Å². The Kier molecular flexibility index (Phi) is 1.92.